The van der Waals surface area contributed by atoms with Crippen molar-refractivity contribution in [3.63, 3.8) is 0 Å². The average Bonchev–Trinajstić information content (AvgIpc) is 3.16. The molecule has 2 aromatic heterocycles. The van der Waals surface area contributed by atoms with Crippen molar-refractivity contribution in [1.82, 2.24) is 20.5 Å². The Morgan fingerprint density at radius 1 is 1.07 bits per heavy atom. The highest BCUT2D eigenvalue weighted by Crippen LogP contribution is 2.25. The second-order valence-electron chi connectivity index (χ2n) is 6.10. The molecule has 6 nitrogen and oxygen atoms in total. The molecule has 0 aliphatic rings. The highest BCUT2D eigenvalue weighted by molar-refractivity contribution is 6.05. The maximum atomic E-state index is 12.7. The van der Waals surface area contributed by atoms with Crippen LogP contribution in [0, 0.1) is 0 Å². The van der Waals surface area contributed by atoms with Gasteiger partial charge in [0.15, 0.2) is 5.69 Å². The summed E-state index contributed by atoms with van der Waals surface area (Å²) in [6.45, 7) is 0.397. The summed E-state index contributed by atoms with van der Waals surface area (Å²) in [6, 6.07) is 17.4. The number of nitrogens with one attached hydrogen (secondary N) is 2. The first-order valence-electron chi connectivity index (χ1n) is 8.54. The molecule has 4 aromatic rings. The maximum absolute atomic E-state index is 12.7. The molecule has 2 aromatic carbocycles. The molecule has 0 unspecified atom stereocenters. The van der Waals surface area contributed by atoms with E-state index in [1.165, 1.54) is 0 Å². The lowest BCUT2D eigenvalue weighted by atomic mass is 10.0. The molecule has 6 heteroatoms. The number of H-pyrrole nitrogens is 1. The van der Waals surface area contributed by atoms with Crippen LogP contribution < -0.4 is 10.1 Å². The molecule has 4 rings (SSSR count). The number of carbonyl (C=O) groups is 1. The predicted octanol–water partition coefficient (Wildman–Crippen LogP) is 3.56. The molecule has 0 bridgehead atoms. The van der Waals surface area contributed by atoms with E-state index in [-0.39, 0.29) is 5.91 Å². The molecule has 0 radical (unpaired) electrons. The molecule has 0 aliphatic carbocycles. The van der Waals surface area contributed by atoms with Crippen LogP contribution >= 0.6 is 0 Å². The number of methoxy groups -OCH3 is 1. The van der Waals surface area contributed by atoms with Crippen molar-refractivity contribution < 1.29 is 9.53 Å². The van der Waals surface area contributed by atoms with Crippen molar-refractivity contribution in [2.45, 2.75) is 6.54 Å². The molecule has 2 N–H and O–H groups in total. The fraction of sp³-hybridized carbons (Fsp3) is 0.0952. The molecule has 134 valence electrons. The van der Waals surface area contributed by atoms with Crippen LogP contribution in [0.2, 0.25) is 0 Å². The zero-order chi connectivity index (χ0) is 18.6. The molecule has 0 saturated carbocycles. The van der Waals surface area contributed by atoms with Crippen molar-refractivity contribution in [3.8, 4) is 16.9 Å². The van der Waals surface area contributed by atoms with Gasteiger partial charge in [-0.3, -0.25) is 14.9 Å². The first-order valence-corrected chi connectivity index (χ1v) is 8.54. The van der Waals surface area contributed by atoms with Crippen LogP contribution in [0.1, 0.15) is 16.1 Å². The Balaban J connectivity index is 1.58. The summed E-state index contributed by atoms with van der Waals surface area (Å²) in [5.74, 6) is 0.532. The predicted molar refractivity (Wildman–Crippen MR) is 103 cm³/mol. The Bertz CT molecular complexity index is 1090. The summed E-state index contributed by atoms with van der Waals surface area (Å²) in [5.41, 5.74) is 4.20. The third-order valence-electron chi connectivity index (χ3n) is 4.38. The van der Waals surface area contributed by atoms with E-state index < -0.39 is 0 Å². The largest absolute Gasteiger partial charge is 0.497 e. The van der Waals surface area contributed by atoms with E-state index >= 15 is 0 Å². The van der Waals surface area contributed by atoms with Gasteiger partial charge in [0.25, 0.3) is 5.91 Å². The molecular weight excluding hydrogens is 340 g/mol. The lowest BCUT2D eigenvalue weighted by Gasteiger charge is -2.06. The Labute approximate surface area is 156 Å². The summed E-state index contributed by atoms with van der Waals surface area (Å²) in [7, 11) is 1.62. The van der Waals surface area contributed by atoms with Gasteiger partial charge in [-0.05, 0) is 53.1 Å². The van der Waals surface area contributed by atoms with Crippen molar-refractivity contribution in [1.29, 1.82) is 0 Å². The Morgan fingerprint density at radius 2 is 1.93 bits per heavy atom. The number of ether oxygens (including phenoxy) is 1. The molecule has 27 heavy (non-hydrogen) atoms. The third kappa shape index (κ3) is 3.50. The quantitative estimate of drug-likeness (QED) is 0.572. The Hall–Kier alpha value is -3.67. The number of aromatic nitrogens is 3. The zero-order valence-corrected chi connectivity index (χ0v) is 14.8. The van der Waals surface area contributed by atoms with E-state index in [1.54, 1.807) is 19.5 Å². The van der Waals surface area contributed by atoms with Crippen molar-refractivity contribution in [3.05, 3.63) is 78.2 Å². The number of hydrogen-bond donors (Lipinski definition) is 2. The Morgan fingerprint density at radius 3 is 2.74 bits per heavy atom. The minimum Gasteiger partial charge on any atom is -0.497 e. The van der Waals surface area contributed by atoms with Gasteiger partial charge in [0.1, 0.15) is 5.75 Å². The number of pyridine rings is 1. The van der Waals surface area contributed by atoms with Crippen LogP contribution in [0.4, 0.5) is 0 Å². The number of benzene rings is 2. The molecule has 0 atom stereocenters. The van der Waals surface area contributed by atoms with Crippen molar-refractivity contribution >= 4 is 16.8 Å². The summed E-state index contributed by atoms with van der Waals surface area (Å²) < 4.78 is 5.21. The van der Waals surface area contributed by atoms with E-state index in [0.717, 1.165) is 33.3 Å². The van der Waals surface area contributed by atoms with Gasteiger partial charge in [-0.25, -0.2) is 0 Å². The van der Waals surface area contributed by atoms with Gasteiger partial charge in [0, 0.05) is 24.3 Å². The minimum atomic E-state index is -0.226. The van der Waals surface area contributed by atoms with Crippen molar-refractivity contribution in [2.24, 2.45) is 0 Å². The highest BCUT2D eigenvalue weighted by atomic mass is 16.5. The molecule has 1 amide bonds. The molecule has 0 spiro atoms. The number of nitrogens with zero attached hydrogens (tertiary/aromatic N) is 2. The van der Waals surface area contributed by atoms with Crippen LogP contribution in [0.3, 0.4) is 0 Å². The molecule has 0 saturated heterocycles. The number of hydrogen-bond acceptors (Lipinski definition) is 4. The first-order chi connectivity index (χ1) is 13.2. The maximum Gasteiger partial charge on any atom is 0.272 e. The van der Waals surface area contributed by atoms with Crippen LogP contribution in [0.15, 0.2) is 67.0 Å². The lowest BCUT2D eigenvalue weighted by molar-refractivity contribution is 0.0947. The second-order valence-corrected chi connectivity index (χ2v) is 6.10. The summed E-state index contributed by atoms with van der Waals surface area (Å²) in [5, 5.41) is 10.8. The fourth-order valence-electron chi connectivity index (χ4n) is 2.96. The smallest absolute Gasteiger partial charge is 0.272 e. The monoisotopic (exact) mass is 358 g/mol. The third-order valence-corrected chi connectivity index (χ3v) is 4.38. The van der Waals surface area contributed by atoms with Crippen LogP contribution in [-0.2, 0) is 6.54 Å². The van der Waals surface area contributed by atoms with E-state index in [2.05, 4.69) is 20.5 Å². The number of carbonyl (C=O) groups excluding carboxylic acids is 1. The van der Waals surface area contributed by atoms with Gasteiger partial charge in [-0.1, -0.05) is 18.2 Å². The number of aromatic amines is 1. The SMILES string of the molecule is COc1cccc(CNC(=O)c2n[nH]c3ccc(-c4ccncc4)cc23)c1. The molecule has 0 fully saturated rings. The van der Waals surface area contributed by atoms with Crippen LogP contribution in [0.5, 0.6) is 5.75 Å². The first kappa shape index (κ1) is 16.8. The lowest BCUT2D eigenvalue weighted by Crippen LogP contribution is -2.23. The highest BCUT2D eigenvalue weighted by Gasteiger charge is 2.15. The summed E-state index contributed by atoms with van der Waals surface area (Å²) in [4.78, 5) is 16.7. The summed E-state index contributed by atoms with van der Waals surface area (Å²) in [6.07, 6.45) is 3.49. The van der Waals surface area contributed by atoms with Gasteiger partial charge < -0.3 is 10.1 Å². The summed E-state index contributed by atoms with van der Waals surface area (Å²) >= 11 is 0. The van der Waals surface area contributed by atoms with Crippen molar-refractivity contribution in [2.75, 3.05) is 7.11 Å². The molecule has 2 heterocycles. The number of amides is 1. The van der Waals surface area contributed by atoms with Crippen LogP contribution in [-0.4, -0.2) is 28.2 Å². The normalized spacial score (nSPS) is 10.7. The van der Waals surface area contributed by atoms with Crippen LogP contribution in [0.25, 0.3) is 22.0 Å². The van der Waals surface area contributed by atoms with Gasteiger partial charge >= 0.3 is 0 Å². The number of rotatable bonds is 5. The van der Waals surface area contributed by atoms with E-state index in [1.807, 2.05) is 54.6 Å². The molecule has 0 aliphatic heterocycles. The zero-order valence-electron chi connectivity index (χ0n) is 14.8. The van der Waals surface area contributed by atoms with E-state index in [9.17, 15) is 4.79 Å². The number of fused-ring (bicyclic) bond motifs is 1. The van der Waals surface area contributed by atoms with E-state index in [0.29, 0.717) is 12.2 Å². The standard InChI is InChI=1S/C21H18N4O2/c1-27-17-4-2-3-14(11-17)13-23-21(26)20-18-12-16(5-6-19(18)24-25-20)15-7-9-22-10-8-15/h2-12H,13H2,1H3,(H,23,26)(H,24,25). The van der Waals surface area contributed by atoms with Gasteiger partial charge in [-0.2, -0.15) is 5.10 Å². The molecular formula is C21H18N4O2. The fourth-order valence-corrected chi connectivity index (χ4v) is 2.96. The van der Waals surface area contributed by atoms with Gasteiger partial charge in [0.2, 0.25) is 0 Å². The van der Waals surface area contributed by atoms with Gasteiger partial charge in [-0.15, -0.1) is 0 Å². The second kappa shape index (κ2) is 7.29. The minimum absolute atomic E-state index is 0.226. The van der Waals surface area contributed by atoms with Gasteiger partial charge in [0.05, 0.1) is 12.6 Å². The average molecular weight is 358 g/mol. The Kier molecular flexibility index (Phi) is 4.53. The topological polar surface area (TPSA) is 79.9 Å². The van der Waals surface area contributed by atoms with E-state index in [4.69, 9.17) is 4.74 Å².